The Morgan fingerprint density at radius 2 is 1.96 bits per heavy atom. The molecule has 1 saturated heterocycles. The lowest BCUT2D eigenvalue weighted by Crippen LogP contribution is -2.23. The second-order valence-electron chi connectivity index (χ2n) is 6.00. The van der Waals surface area contributed by atoms with Gasteiger partial charge in [-0.2, -0.15) is 5.10 Å². The first-order chi connectivity index (χ1) is 12.5. The van der Waals surface area contributed by atoms with Crippen LogP contribution in [0, 0.1) is 0 Å². The summed E-state index contributed by atoms with van der Waals surface area (Å²) < 4.78 is 0. The summed E-state index contributed by atoms with van der Waals surface area (Å²) in [4.78, 5) is 25.7. The summed E-state index contributed by atoms with van der Waals surface area (Å²) in [6.45, 7) is 2.50. The smallest absolute Gasteiger partial charge is 0.275 e. The Hall–Kier alpha value is -2.86. The van der Waals surface area contributed by atoms with E-state index < -0.39 is 5.91 Å². The van der Waals surface area contributed by atoms with Crippen molar-refractivity contribution in [1.82, 2.24) is 5.43 Å². The van der Waals surface area contributed by atoms with Gasteiger partial charge in [-0.3, -0.25) is 9.59 Å². The first-order valence-electron chi connectivity index (χ1n) is 8.19. The predicted octanol–water partition coefficient (Wildman–Crippen LogP) is 3.33. The van der Waals surface area contributed by atoms with Gasteiger partial charge in [0.15, 0.2) is 0 Å². The molecule has 1 fully saturated rings. The Morgan fingerprint density at radius 3 is 2.62 bits per heavy atom. The van der Waals surface area contributed by atoms with Crippen LogP contribution in [0.25, 0.3) is 0 Å². The van der Waals surface area contributed by atoms with Gasteiger partial charge >= 0.3 is 0 Å². The van der Waals surface area contributed by atoms with Gasteiger partial charge in [0.25, 0.3) is 5.91 Å². The van der Waals surface area contributed by atoms with Gasteiger partial charge in [0.1, 0.15) is 5.75 Å². The van der Waals surface area contributed by atoms with Crippen molar-refractivity contribution in [2.24, 2.45) is 5.10 Å². The number of phenols is 1. The molecule has 6 nitrogen and oxygen atoms in total. The van der Waals surface area contributed by atoms with Crippen LogP contribution < -0.4 is 10.3 Å². The number of hydrogen-bond acceptors (Lipinski definition) is 4. The van der Waals surface area contributed by atoms with E-state index in [1.807, 2.05) is 24.3 Å². The summed E-state index contributed by atoms with van der Waals surface area (Å²) in [6.07, 6.45) is 1.47. The van der Waals surface area contributed by atoms with E-state index in [9.17, 15) is 14.7 Å². The number of aromatic hydroxyl groups is 1. The highest BCUT2D eigenvalue weighted by molar-refractivity contribution is 6.31. The molecule has 0 aromatic heterocycles. The molecule has 1 aliphatic rings. The standard InChI is InChI=1S/C19H18ClN3O3/c1-12(21-22-19(26)16-11-14(20)6-9-17(16)24)13-4-7-15(8-5-13)23-10-2-3-18(23)25/h4-9,11,24H,2-3,10H2,1H3,(H,22,26)/b21-12-. The van der Waals surface area contributed by atoms with Gasteiger partial charge in [-0.15, -0.1) is 0 Å². The first kappa shape index (κ1) is 17.9. The number of amides is 2. The van der Waals surface area contributed by atoms with E-state index in [2.05, 4.69) is 10.5 Å². The topological polar surface area (TPSA) is 82.0 Å². The van der Waals surface area contributed by atoms with Crippen LogP contribution in [0.15, 0.2) is 47.6 Å². The maximum atomic E-state index is 12.1. The number of halogens is 1. The highest BCUT2D eigenvalue weighted by Crippen LogP contribution is 2.22. The second-order valence-corrected chi connectivity index (χ2v) is 6.43. The molecule has 0 radical (unpaired) electrons. The summed E-state index contributed by atoms with van der Waals surface area (Å²) in [5.74, 6) is -0.584. The summed E-state index contributed by atoms with van der Waals surface area (Å²) in [5.41, 5.74) is 4.73. The molecule has 0 atom stereocenters. The van der Waals surface area contributed by atoms with Crippen molar-refractivity contribution in [3.63, 3.8) is 0 Å². The van der Waals surface area contributed by atoms with Gasteiger partial charge in [0.05, 0.1) is 11.3 Å². The zero-order valence-corrected chi connectivity index (χ0v) is 15.0. The van der Waals surface area contributed by atoms with Gasteiger partial charge in [0.2, 0.25) is 5.91 Å². The third-order valence-corrected chi connectivity index (χ3v) is 4.43. The fourth-order valence-electron chi connectivity index (χ4n) is 2.75. The number of nitrogens with zero attached hydrogens (tertiary/aromatic N) is 2. The van der Waals surface area contributed by atoms with Gasteiger partial charge < -0.3 is 10.0 Å². The Balaban J connectivity index is 1.70. The van der Waals surface area contributed by atoms with Crippen molar-refractivity contribution < 1.29 is 14.7 Å². The van der Waals surface area contributed by atoms with Crippen LogP contribution in [0.4, 0.5) is 5.69 Å². The van der Waals surface area contributed by atoms with Gasteiger partial charge in [-0.05, 0) is 49.2 Å². The van der Waals surface area contributed by atoms with E-state index in [4.69, 9.17) is 11.6 Å². The molecule has 0 bridgehead atoms. The number of phenolic OH excluding ortho intramolecular Hbond substituents is 1. The van der Waals surface area contributed by atoms with Gasteiger partial charge in [-0.25, -0.2) is 5.43 Å². The van der Waals surface area contributed by atoms with E-state index >= 15 is 0 Å². The lowest BCUT2D eigenvalue weighted by atomic mass is 10.1. The van der Waals surface area contributed by atoms with E-state index in [0.29, 0.717) is 17.2 Å². The molecular weight excluding hydrogens is 354 g/mol. The van der Waals surface area contributed by atoms with E-state index in [1.54, 1.807) is 11.8 Å². The molecule has 7 heteroatoms. The zero-order chi connectivity index (χ0) is 18.7. The van der Waals surface area contributed by atoms with Crippen molar-refractivity contribution in [2.45, 2.75) is 19.8 Å². The molecule has 0 spiro atoms. The van der Waals surface area contributed by atoms with Crippen molar-refractivity contribution >= 4 is 34.8 Å². The number of nitrogens with one attached hydrogen (secondary N) is 1. The SMILES string of the molecule is C/C(=N/NC(=O)c1cc(Cl)ccc1O)c1ccc(N2CCCC2=O)cc1. The molecule has 0 saturated carbocycles. The minimum absolute atomic E-state index is 0.0527. The number of hydrazone groups is 1. The predicted molar refractivity (Wildman–Crippen MR) is 101 cm³/mol. The molecule has 0 unspecified atom stereocenters. The van der Waals surface area contributed by atoms with E-state index in [1.165, 1.54) is 18.2 Å². The van der Waals surface area contributed by atoms with Crippen LogP contribution in [-0.4, -0.2) is 29.2 Å². The van der Waals surface area contributed by atoms with E-state index in [0.717, 1.165) is 24.2 Å². The molecule has 1 aliphatic heterocycles. The quantitative estimate of drug-likeness (QED) is 0.638. The zero-order valence-electron chi connectivity index (χ0n) is 14.2. The molecule has 2 aromatic carbocycles. The molecule has 26 heavy (non-hydrogen) atoms. The van der Waals surface area contributed by atoms with Crippen molar-refractivity contribution in [2.75, 3.05) is 11.4 Å². The molecule has 2 aromatic rings. The minimum Gasteiger partial charge on any atom is -0.507 e. The molecular formula is C19H18ClN3O3. The molecule has 134 valence electrons. The summed E-state index contributed by atoms with van der Waals surface area (Å²) >= 11 is 5.84. The van der Waals surface area contributed by atoms with Crippen LogP contribution in [0.3, 0.4) is 0 Å². The monoisotopic (exact) mass is 371 g/mol. The number of carbonyl (C=O) groups is 2. The lowest BCUT2D eigenvalue weighted by Gasteiger charge is -2.15. The van der Waals surface area contributed by atoms with Crippen molar-refractivity contribution in [1.29, 1.82) is 0 Å². The van der Waals surface area contributed by atoms with Crippen LogP contribution >= 0.6 is 11.6 Å². The number of benzene rings is 2. The molecule has 3 rings (SSSR count). The molecule has 2 N–H and O–H groups in total. The Morgan fingerprint density at radius 1 is 1.23 bits per heavy atom. The highest BCUT2D eigenvalue weighted by atomic mass is 35.5. The molecule has 2 amide bonds. The number of rotatable bonds is 4. The maximum absolute atomic E-state index is 12.1. The number of anilines is 1. The largest absolute Gasteiger partial charge is 0.507 e. The normalized spacial score (nSPS) is 14.6. The van der Waals surface area contributed by atoms with Gasteiger partial charge in [-0.1, -0.05) is 23.7 Å². The second kappa shape index (κ2) is 7.58. The van der Waals surface area contributed by atoms with E-state index in [-0.39, 0.29) is 17.2 Å². The van der Waals surface area contributed by atoms with Crippen molar-refractivity contribution in [3.8, 4) is 5.75 Å². The molecule has 0 aliphatic carbocycles. The van der Waals surface area contributed by atoms with Gasteiger partial charge in [0, 0.05) is 23.7 Å². The summed E-state index contributed by atoms with van der Waals surface area (Å²) in [5, 5.41) is 14.2. The fraction of sp³-hybridized carbons (Fsp3) is 0.211. The fourth-order valence-corrected chi connectivity index (χ4v) is 2.93. The lowest BCUT2D eigenvalue weighted by molar-refractivity contribution is -0.117. The third kappa shape index (κ3) is 3.86. The van der Waals surface area contributed by atoms with Crippen molar-refractivity contribution in [3.05, 3.63) is 58.6 Å². The summed E-state index contributed by atoms with van der Waals surface area (Å²) in [6, 6.07) is 11.6. The molecule has 1 heterocycles. The third-order valence-electron chi connectivity index (χ3n) is 4.20. The highest BCUT2D eigenvalue weighted by Gasteiger charge is 2.21. The Labute approximate surface area is 156 Å². The van der Waals surface area contributed by atoms with Crippen LogP contribution in [-0.2, 0) is 4.79 Å². The summed E-state index contributed by atoms with van der Waals surface area (Å²) in [7, 11) is 0. The number of carbonyl (C=O) groups excluding carboxylic acids is 2. The van der Waals surface area contributed by atoms with Crippen LogP contribution in [0.2, 0.25) is 5.02 Å². The van der Waals surface area contributed by atoms with Crippen LogP contribution in [0.1, 0.15) is 35.7 Å². The maximum Gasteiger partial charge on any atom is 0.275 e. The first-order valence-corrected chi connectivity index (χ1v) is 8.57. The average Bonchev–Trinajstić information content (AvgIpc) is 3.07. The average molecular weight is 372 g/mol. The van der Waals surface area contributed by atoms with Crippen LogP contribution in [0.5, 0.6) is 5.75 Å². The number of hydrogen-bond donors (Lipinski definition) is 2. The Bertz CT molecular complexity index is 878. The Kier molecular flexibility index (Phi) is 5.23. The minimum atomic E-state index is -0.552.